The van der Waals surface area contributed by atoms with E-state index in [2.05, 4.69) is 200 Å². The standard InChI is InChI=1S/C58H38N4/c1-5-14-39(15-6-1)40-26-30-47(31-27-40)58-61-54(44-20-11-4-12-21-44)38-55(62-58)49-23-13-22-48(36-49)41-24-28-45(29-25-41)52-35-33-46-32-34-50-51(42-16-7-2-8-17-42)37-53(43-18-9-3-10-19-43)60-57(50)56(46)59-52/h1-38H. The van der Waals surface area contributed by atoms with Gasteiger partial charge in [0.05, 0.1) is 33.8 Å². The van der Waals surface area contributed by atoms with E-state index >= 15 is 0 Å². The van der Waals surface area contributed by atoms with Gasteiger partial charge >= 0.3 is 0 Å². The lowest BCUT2D eigenvalue weighted by molar-refractivity contribution is 1.18. The van der Waals surface area contributed by atoms with Crippen molar-refractivity contribution >= 4 is 21.8 Å². The second-order valence-electron chi connectivity index (χ2n) is 15.4. The third kappa shape index (κ3) is 7.20. The van der Waals surface area contributed by atoms with Gasteiger partial charge in [0.2, 0.25) is 0 Å². The Kier molecular flexibility index (Phi) is 9.49. The fourth-order valence-electron chi connectivity index (χ4n) is 8.26. The second-order valence-corrected chi connectivity index (χ2v) is 15.4. The molecule has 290 valence electrons. The van der Waals surface area contributed by atoms with E-state index in [1.807, 2.05) is 30.3 Å². The number of pyridine rings is 2. The van der Waals surface area contributed by atoms with Crippen molar-refractivity contribution in [3.05, 3.63) is 231 Å². The van der Waals surface area contributed by atoms with Gasteiger partial charge in [0.1, 0.15) is 0 Å². The molecule has 0 amide bonds. The van der Waals surface area contributed by atoms with Crippen LogP contribution in [0.4, 0.5) is 0 Å². The first-order valence-electron chi connectivity index (χ1n) is 20.9. The molecule has 3 heterocycles. The highest BCUT2D eigenvalue weighted by Gasteiger charge is 2.15. The van der Waals surface area contributed by atoms with Crippen LogP contribution in [0.2, 0.25) is 0 Å². The minimum atomic E-state index is 0.689. The van der Waals surface area contributed by atoms with Crippen LogP contribution < -0.4 is 0 Å². The fraction of sp³-hybridized carbons (Fsp3) is 0. The summed E-state index contributed by atoms with van der Waals surface area (Å²) >= 11 is 0. The maximum absolute atomic E-state index is 5.31. The zero-order valence-corrected chi connectivity index (χ0v) is 33.7. The Morgan fingerprint density at radius 1 is 0.226 bits per heavy atom. The Morgan fingerprint density at radius 2 is 0.661 bits per heavy atom. The summed E-state index contributed by atoms with van der Waals surface area (Å²) in [5, 5.41) is 2.13. The lowest BCUT2D eigenvalue weighted by Crippen LogP contribution is -1.96. The molecule has 0 aliphatic rings. The van der Waals surface area contributed by atoms with Crippen LogP contribution in [0.1, 0.15) is 0 Å². The molecule has 11 rings (SSSR count). The minimum Gasteiger partial charge on any atom is -0.245 e. The molecule has 4 nitrogen and oxygen atoms in total. The molecule has 8 aromatic carbocycles. The topological polar surface area (TPSA) is 51.6 Å². The maximum atomic E-state index is 5.31. The third-order valence-corrected chi connectivity index (χ3v) is 11.5. The number of nitrogens with zero attached hydrogens (tertiary/aromatic N) is 4. The smallest absolute Gasteiger partial charge is 0.160 e. The number of fused-ring (bicyclic) bond motifs is 3. The van der Waals surface area contributed by atoms with Crippen LogP contribution in [0.25, 0.3) is 112 Å². The molecule has 0 N–H and O–H groups in total. The monoisotopic (exact) mass is 790 g/mol. The van der Waals surface area contributed by atoms with Crippen LogP contribution in [0.3, 0.4) is 0 Å². The van der Waals surface area contributed by atoms with E-state index in [4.69, 9.17) is 19.9 Å². The number of rotatable bonds is 8. The summed E-state index contributed by atoms with van der Waals surface area (Å²) in [6.45, 7) is 0. The molecule has 0 saturated heterocycles. The molecule has 3 aromatic heterocycles. The summed E-state index contributed by atoms with van der Waals surface area (Å²) < 4.78 is 0. The first-order chi connectivity index (χ1) is 30.7. The average molecular weight is 791 g/mol. The van der Waals surface area contributed by atoms with Crippen LogP contribution >= 0.6 is 0 Å². The number of hydrogen-bond acceptors (Lipinski definition) is 4. The van der Waals surface area contributed by atoms with Gasteiger partial charge in [-0.1, -0.05) is 206 Å². The van der Waals surface area contributed by atoms with Gasteiger partial charge in [0, 0.05) is 38.6 Å². The zero-order chi connectivity index (χ0) is 41.2. The maximum Gasteiger partial charge on any atom is 0.160 e. The highest BCUT2D eigenvalue weighted by molar-refractivity contribution is 6.09. The molecule has 0 fully saturated rings. The average Bonchev–Trinajstić information content (AvgIpc) is 3.37. The summed E-state index contributed by atoms with van der Waals surface area (Å²) in [4.78, 5) is 20.8. The summed E-state index contributed by atoms with van der Waals surface area (Å²) in [7, 11) is 0. The Morgan fingerprint density at radius 3 is 1.31 bits per heavy atom. The SMILES string of the molecule is c1ccc(-c2ccc(-c3nc(-c4ccccc4)cc(-c4cccc(-c5ccc(-c6ccc7ccc8c(-c9ccccc9)cc(-c9ccccc9)nc8c7n6)cc5)c4)n3)cc2)cc1. The van der Waals surface area contributed by atoms with Crippen molar-refractivity contribution in [3.63, 3.8) is 0 Å². The van der Waals surface area contributed by atoms with Gasteiger partial charge in [0.15, 0.2) is 5.82 Å². The molecular weight excluding hydrogens is 753 g/mol. The van der Waals surface area contributed by atoms with E-state index in [0.717, 1.165) is 100 Å². The van der Waals surface area contributed by atoms with Gasteiger partial charge in [0.25, 0.3) is 0 Å². The van der Waals surface area contributed by atoms with Crippen LogP contribution in [0.15, 0.2) is 231 Å². The molecule has 0 aliphatic carbocycles. The normalized spacial score (nSPS) is 11.2. The van der Waals surface area contributed by atoms with Crippen molar-refractivity contribution < 1.29 is 0 Å². The van der Waals surface area contributed by atoms with Gasteiger partial charge in [-0.25, -0.2) is 19.9 Å². The van der Waals surface area contributed by atoms with Gasteiger partial charge < -0.3 is 0 Å². The van der Waals surface area contributed by atoms with E-state index < -0.39 is 0 Å². The van der Waals surface area contributed by atoms with Crippen LogP contribution in [-0.2, 0) is 0 Å². The Bertz CT molecular complexity index is 3350. The predicted molar refractivity (Wildman–Crippen MR) is 256 cm³/mol. The van der Waals surface area contributed by atoms with E-state index in [1.54, 1.807) is 0 Å². The molecule has 0 spiro atoms. The second kappa shape index (κ2) is 16.0. The summed E-state index contributed by atoms with van der Waals surface area (Å²) in [5.74, 6) is 0.689. The van der Waals surface area contributed by atoms with Gasteiger partial charge in [-0.15, -0.1) is 0 Å². The first-order valence-corrected chi connectivity index (χ1v) is 20.9. The number of hydrogen-bond donors (Lipinski definition) is 0. The molecule has 0 unspecified atom stereocenters. The van der Waals surface area contributed by atoms with Crippen LogP contribution in [0, 0.1) is 0 Å². The first kappa shape index (κ1) is 36.7. The third-order valence-electron chi connectivity index (χ3n) is 11.5. The van der Waals surface area contributed by atoms with Crippen molar-refractivity contribution in [2.45, 2.75) is 0 Å². The van der Waals surface area contributed by atoms with E-state index in [0.29, 0.717) is 5.82 Å². The Balaban J connectivity index is 0.945. The molecule has 62 heavy (non-hydrogen) atoms. The number of benzene rings is 8. The van der Waals surface area contributed by atoms with Crippen LogP contribution in [0.5, 0.6) is 0 Å². The highest BCUT2D eigenvalue weighted by Crippen LogP contribution is 2.37. The lowest BCUT2D eigenvalue weighted by atomic mass is 9.96. The van der Waals surface area contributed by atoms with Crippen molar-refractivity contribution in [2.24, 2.45) is 0 Å². The van der Waals surface area contributed by atoms with E-state index in [1.165, 1.54) is 5.56 Å². The molecule has 0 saturated carbocycles. The van der Waals surface area contributed by atoms with Crippen molar-refractivity contribution in [3.8, 4) is 89.8 Å². The fourth-order valence-corrected chi connectivity index (χ4v) is 8.26. The van der Waals surface area contributed by atoms with Crippen LogP contribution in [-0.4, -0.2) is 19.9 Å². The minimum absolute atomic E-state index is 0.689. The van der Waals surface area contributed by atoms with Gasteiger partial charge in [-0.3, -0.25) is 0 Å². The predicted octanol–water partition coefficient (Wildman–Crippen LogP) is 14.9. The van der Waals surface area contributed by atoms with Gasteiger partial charge in [-0.05, 0) is 57.6 Å². The summed E-state index contributed by atoms with van der Waals surface area (Å²) in [6.07, 6.45) is 0. The van der Waals surface area contributed by atoms with Crippen molar-refractivity contribution in [1.29, 1.82) is 0 Å². The molecule has 0 radical (unpaired) electrons. The molecule has 0 aliphatic heterocycles. The number of aromatic nitrogens is 4. The van der Waals surface area contributed by atoms with E-state index in [9.17, 15) is 0 Å². The molecule has 0 bridgehead atoms. The summed E-state index contributed by atoms with van der Waals surface area (Å²) in [5.41, 5.74) is 17.3. The summed E-state index contributed by atoms with van der Waals surface area (Å²) in [6, 6.07) is 80.4. The zero-order valence-electron chi connectivity index (χ0n) is 33.7. The Hall–Kier alpha value is -8.34. The highest BCUT2D eigenvalue weighted by atomic mass is 14.9. The van der Waals surface area contributed by atoms with Gasteiger partial charge in [-0.2, -0.15) is 0 Å². The van der Waals surface area contributed by atoms with Crippen molar-refractivity contribution in [1.82, 2.24) is 19.9 Å². The largest absolute Gasteiger partial charge is 0.245 e. The lowest BCUT2D eigenvalue weighted by Gasteiger charge is -2.13. The molecule has 11 aromatic rings. The Labute approximate surface area is 360 Å². The van der Waals surface area contributed by atoms with Crippen molar-refractivity contribution in [2.75, 3.05) is 0 Å². The molecule has 0 atom stereocenters. The molecular formula is C58H38N4. The quantitative estimate of drug-likeness (QED) is 0.144. The van der Waals surface area contributed by atoms with E-state index in [-0.39, 0.29) is 0 Å². The molecule has 4 heteroatoms.